The third-order valence-corrected chi connectivity index (χ3v) is 16.5. The van der Waals surface area contributed by atoms with Gasteiger partial charge in [0.25, 0.3) is 21.6 Å². The molecule has 5 aromatic rings. The Morgan fingerprint density at radius 2 is 1.73 bits per heavy atom. The van der Waals surface area contributed by atoms with E-state index in [1.165, 1.54) is 35.9 Å². The van der Waals surface area contributed by atoms with Crippen LogP contribution in [0.4, 0.5) is 25.8 Å². The van der Waals surface area contributed by atoms with E-state index in [2.05, 4.69) is 63.2 Å². The summed E-state index contributed by atoms with van der Waals surface area (Å²) in [6.45, 7) is 7.83. The first-order valence-corrected chi connectivity index (χ1v) is 25.2. The van der Waals surface area contributed by atoms with Crippen molar-refractivity contribution in [3.63, 3.8) is 0 Å². The van der Waals surface area contributed by atoms with E-state index in [0.717, 1.165) is 75.1 Å². The third kappa shape index (κ3) is 9.21. The molecular weight excluding hydrogens is 879 g/mol. The quantitative estimate of drug-likeness (QED) is 0.0717. The van der Waals surface area contributed by atoms with E-state index in [9.17, 15) is 23.3 Å². The number of aromatic amines is 1. The number of carbonyl (C=O) groups is 1. The Balaban J connectivity index is 0.846. The number of aromatic nitrogens is 2. The number of benzene rings is 3. The van der Waals surface area contributed by atoms with Gasteiger partial charge in [-0.2, -0.15) is 0 Å². The first kappa shape index (κ1) is 45.1. The maximum atomic E-state index is 16.4. The van der Waals surface area contributed by atoms with Gasteiger partial charge in [-0.15, -0.1) is 0 Å². The van der Waals surface area contributed by atoms with Gasteiger partial charge in [-0.25, -0.2) is 26.9 Å². The van der Waals surface area contributed by atoms with Crippen molar-refractivity contribution in [1.29, 1.82) is 0 Å². The average Bonchev–Trinajstić information content (AvgIpc) is 3.84. The van der Waals surface area contributed by atoms with Crippen LogP contribution in [0.1, 0.15) is 112 Å². The minimum Gasteiger partial charge on any atom is -0.455 e. The third-order valence-electron chi connectivity index (χ3n) is 15.2. The molecule has 3 saturated heterocycles. The van der Waals surface area contributed by atoms with Gasteiger partial charge in [0.2, 0.25) is 0 Å². The molecule has 3 aromatic carbocycles. The molecule has 5 aliphatic rings. The molecule has 67 heavy (non-hydrogen) atoms. The first-order chi connectivity index (χ1) is 32.2. The lowest BCUT2D eigenvalue weighted by Gasteiger charge is -2.56. The fourth-order valence-electron chi connectivity index (χ4n) is 11.2. The van der Waals surface area contributed by atoms with Crippen molar-refractivity contribution in [3.8, 4) is 11.5 Å². The molecule has 10 rings (SSSR count). The van der Waals surface area contributed by atoms with Crippen LogP contribution in [0.2, 0.25) is 0 Å². The van der Waals surface area contributed by atoms with E-state index in [0.29, 0.717) is 55.9 Å². The molecule has 14 nitrogen and oxygen atoms in total. The zero-order valence-electron chi connectivity index (χ0n) is 38.0. The molecule has 2 aliphatic carbocycles. The fraction of sp³-hybridized carbons (Fsp3) is 0.480. The lowest BCUT2D eigenvalue weighted by atomic mass is 9.59. The van der Waals surface area contributed by atoms with Crippen molar-refractivity contribution < 1.29 is 31.7 Å². The summed E-state index contributed by atoms with van der Waals surface area (Å²) in [6, 6.07) is 19.3. The number of hydrogen-bond donors (Lipinski definition) is 3. The van der Waals surface area contributed by atoms with Crippen LogP contribution in [-0.2, 0) is 10.0 Å². The van der Waals surface area contributed by atoms with Gasteiger partial charge in [-0.1, -0.05) is 38.1 Å². The number of anilines is 2. The molecule has 0 bridgehead atoms. The molecule has 3 aliphatic heterocycles. The highest BCUT2D eigenvalue weighted by molar-refractivity contribution is 7.90. The van der Waals surface area contributed by atoms with E-state index in [4.69, 9.17) is 4.74 Å². The van der Waals surface area contributed by atoms with Crippen molar-refractivity contribution in [2.45, 2.75) is 113 Å². The number of fused-ring (bicyclic) bond motifs is 1. The van der Waals surface area contributed by atoms with Crippen molar-refractivity contribution >= 4 is 44.0 Å². The number of likely N-dealkylation sites (tertiary alicyclic amines) is 2. The largest absolute Gasteiger partial charge is 0.455 e. The zero-order chi connectivity index (χ0) is 46.7. The number of piperidine rings is 2. The van der Waals surface area contributed by atoms with Crippen molar-refractivity contribution in [3.05, 3.63) is 112 Å². The number of sulfonamides is 1. The normalized spacial score (nSPS) is 21.1. The highest BCUT2D eigenvalue weighted by Gasteiger charge is 2.50. The molecule has 354 valence electrons. The van der Waals surface area contributed by atoms with Gasteiger partial charge in [0.15, 0.2) is 0 Å². The number of rotatable bonds is 14. The van der Waals surface area contributed by atoms with Gasteiger partial charge in [-0.05, 0) is 124 Å². The highest BCUT2D eigenvalue weighted by atomic mass is 32.2. The fourth-order valence-corrected chi connectivity index (χ4v) is 12.2. The van der Waals surface area contributed by atoms with Gasteiger partial charge in [0.05, 0.1) is 27.3 Å². The predicted molar refractivity (Wildman–Crippen MR) is 253 cm³/mol. The summed E-state index contributed by atoms with van der Waals surface area (Å²) in [7, 11) is -4.76. The molecule has 1 spiro atoms. The molecule has 2 aromatic heterocycles. The number of halogens is 2. The van der Waals surface area contributed by atoms with E-state index in [1.807, 2.05) is 9.62 Å². The number of hydrogen-bond acceptors (Lipinski definition) is 11. The Labute approximate surface area is 389 Å². The first-order valence-electron chi connectivity index (χ1n) is 23.7. The number of nitro groups is 1. The van der Waals surface area contributed by atoms with E-state index >= 15 is 8.78 Å². The minimum absolute atomic E-state index is 0.0532. The summed E-state index contributed by atoms with van der Waals surface area (Å²) in [5, 5.41) is 15.8. The number of nitrogens with one attached hydrogen (secondary N) is 3. The number of nitrogens with zero attached hydrogens (tertiary/aromatic N) is 5. The highest BCUT2D eigenvalue weighted by Crippen LogP contribution is 2.54. The lowest BCUT2D eigenvalue weighted by Crippen LogP contribution is -2.55. The van der Waals surface area contributed by atoms with E-state index in [-0.39, 0.29) is 47.7 Å². The molecule has 5 heterocycles. The SMILES string of the molecule is CC(C)c1ccccc1[C@@H]1CCCN1C1CC2(CCN(c3cc(Oc4cnc5[nH]ccc5c4)c(C(=O)NS(=O)(=O)c4ccc(NCC5(F)CCN(C6CC6)CC5)c([N+](=O)[O-])c4)cc3F)CC2)C1. The van der Waals surface area contributed by atoms with Crippen LogP contribution < -0.4 is 19.7 Å². The van der Waals surface area contributed by atoms with Crippen LogP contribution in [0.25, 0.3) is 11.0 Å². The second-order valence-corrected chi connectivity index (χ2v) is 21.5. The molecule has 2 saturated carbocycles. The van der Waals surface area contributed by atoms with Gasteiger partial charge < -0.3 is 24.8 Å². The Bertz CT molecular complexity index is 2790. The zero-order valence-corrected chi connectivity index (χ0v) is 38.8. The molecule has 0 unspecified atom stereocenters. The summed E-state index contributed by atoms with van der Waals surface area (Å²) < 4.78 is 67.9. The van der Waals surface area contributed by atoms with Gasteiger partial charge >= 0.3 is 0 Å². The van der Waals surface area contributed by atoms with Crippen LogP contribution in [0.15, 0.2) is 84.0 Å². The van der Waals surface area contributed by atoms with Gasteiger partial charge in [0, 0.05) is 74.6 Å². The second-order valence-electron chi connectivity index (χ2n) is 19.9. The molecule has 5 fully saturated rings. The minimum atomic E-state index is -4.76. The lowest BCUT2D eigenvalue weighted by molar-refractivity contribution is -0.384. The number of alkyl halides is 1. The molecular formula is C50H58F2N8O6S. The predicted octanol–water partition coefficient (Wildman–Crippen LogP) is 9.61. The van der Waals surface area contributed by atoms with Crippen LogP contribution in [0.5, 0.6) is 11.5 Å². The summed E-state index contributed by atoms with van der Waals surface area (Å²) in [6.07, 6.45) is 12.3. The number of amides is 1. The molecule has 1 amide bonds. The standard InChI is InChI=1S/C50H58F2N8O6S/c1-32(2)38-6-3-4-7-39(38)43-8-5-19-59(43)35-28-49(29-35)14-20-58(21-15-49)44-27-46(66-36-24-33-13-18-53-47(33)54-30-36)40(26-41(44)51)48(61)56-67(64,65)37-11-12-42(45(25-37)60(62)63)55-31-50(52)16-22-57(23-17-50)34-9-10-34/h3-4,6-7,11-13,18,24-27,30,32,34-35,43,55H,5,8-10,14-17,19-23,28-29,31H2,1-2H3,(H,53,54)(H,56,61)/t43-/m0/s1. The molecule has 1 atom stereocenters. The van der Waals surface area contributed by atoms with Crippen molar-refractivity contribution in [1.82, 2.24) is 24.5 Å². The summed E-state index contributed by atoms with van der Waals surface area (Å²) in [5.74, 6) is -1.33. The number of ether oxygens (including phenoxy) is 1. The Hall–Kier alpha value is -5.65. The van der Waals surface area contributed by atoms with E-state index in [1.54, 1.807) is 18.3 Å². The molecule has 3 N–H and O–H groups in total. The topological polar surface area (TPSA) is 166 Å². The van der Waals surface area contributed by atoms with E-state index < -0.39 is 48.5 Å². The van der Waals surface area contributed by atoms with Gasteiger partial charge in [0.1, 0.15) is 34.3 Å². The van der Waals surface area contributed by atoms with Crippen molar-refractivity contribution in [2.75, 3.05) is 49.5 Å². The number of nitro benzene ring substituents is 1. The second kappa shape index (κ2) is 17.8. The summed E-state index contributed by atoms with van der Waals surface area (Å²) >= 11 is 0. The van der Waals surface area contributed by atoms with Gasteiger partial charge in [-0.3, -0.25) is 19.8 Å². The number of H-pyrrole nitrogens is 1. The molecule has 0 radical (unpaired) electrons. The number of carbonyl (C=O) groups excluding carboxylic acids is 1. The summed E-state index contributed by atoms with van der Waals surface area (Å²) in [4.78, 5) is 39.2. The maximum Gasteiger partial charge on any atom is 0.293 e. The Morgan fingerprint density at radius 3 is 2.46 bits per heavy atom. The van der Waals surface area contributed by atoms with Crippen LogP contribution >= 0.6 is 0 Å². The monoisotopic (exact) mass is 936 g/mol. The number of pyridine rings is 1. The van der Waals surface area contributed by atoms with Crippen molar-refractivity contribution in [2.24, 2.45) is 5.41 Å². The maximum absolute atomic E-state index is 16.4. The Morgan fingerprint density at radius 1 is 0.970 bits per heavy atom. The average molecular weight is 937 g/mol. The van der Waals surface area contributed by atoms with Crippen LogP contribution in [-0.4, -0.2) is 96.0 Å². The Kier molecular flexibility index (Phi) is 12.0. The summed E-state index contributed by atoms with van der Waals surface area (Å²) in [5.41, 5.74) is 1.23. The van der Waals surface area contributed by atoms with Crippen LogP contribution in [0.3, 0.4) is 0 Å². The van der Waals surface area contributed by atoms with Crippen LogP contribution in [0, 0.1) is 21.3 Å². The smallest absolute Gasteiger partial charge is 0.293 e. The molecule has 17 heteroatoms.